The molecule has 2 amide bonds. The summed E-state index contributed by atoms with van der Waals surface area (Å²) in [4.78, 5) is 41.5. The van der Waals surface area contributed by atoms with Crippen molar-refractivity contribution >= 4 is 17.5 Å². The monoisotopic (exact) mass is 377 g/mol. The molecule has 1 aromatic heterocycles. The molecule has 6 nitrogen and oxygen atoms in total. The molecular weight excluding hydrogens is 354 g/mol. The second-order valence-corrected chi connectivity index (χ2v) is 8.18. The van der Waals surface area contributed by atoms with Crippen molar-refractivity contribution in [3.63, 3.8) is 0 Å². The standard InChI is InChI=1S/C22H23N3O3/c26-20-8-4-7-19-16-9-15(12-25(19)20)11-23(13-16)22(28)17-10-21(27)24(14-17)18-5-2-1-3-6-18/h1-8,15-17H,9-14H2/t15-,16-,17?/m1/s1. The van der Waals surface area contributed by atoms with Crippen LogP contribution in [0.25, 0.3) is 0 Å². The molecular formula is C22H23N3O3. The van der Waals surface area contributed by atoms with Gasteiger partial charge in [-0.1, -0.05) is 24.3 Å². The molecule has 1 aromatic carbocycles. The molecule has 144 valence electrons. The molecule has 0 spiro atoms. The topological polar surface area (TPSA) is 62.6 Å². The fraction of sp³-hybridized carbons (Fsp3) is 0.409. The van der Waals surface area contributed by atoms with Gasteiger partial charge in [0, 0.05) is 56.0 Å². The van der Waals surface area contributed by atoms with Crippen LogP contribution in [0.2, 0.25) is 0 Å². The molecule has 0 saturated carbocycles. The molecule has 4 heterocycles. The first-order chi connectivity index (χ1) is 13.6. The van der Waals surface area contributed by atoms with Gasteiger partial charge in [-0.05, 0) is 30.5 Å². The van der Waals surface area contributed by atoms with Crippen LogP contribution in [-0.2, 0) is 16.1 Å². The number of amides is 2. The Hall–Kier alpha value is -2.89. The van der Waals surface area contributed by atoms with Crippen LogP contribution in [0.4, 0.5) is 5.69 Å². The molecule has 3 aliphatic heterocycles. The third kappa shape index (κ3) is 2.84. The van der Waals surface area contributed by atoms with Crippen LogP contribution >= 0.6 is 0 Å². The lowest BCUT2D eigenvalue weighted by atomic mass is 9.82. The Morgan fingerprint density at radius 2 is 1.71 bits per heavy atom. The van der Waals surface area contributed by atoms with Gasteiger partial charge in [0.05, 0.1) is 5.92 Å². The van der Waals surface area contributed by atoms with Crippen molar-refractivity contribution in [2.45, 2.75) is 25.3 Å². The summed E-state index contributed by atoms with van der Waals surface area (Å²) < 4.78 is 1.87. The summed E-state index contributed by atoms with van der Waals surface area (Å²) in [5, 5.41) is 0. The maximum absolute atomic E-state index is 13.2. The molecule has 28 heavy (non-hydrogen) atoms. The van der Waals surface area contributed by atoms with Crippen LogP contribution in [0.5, 0.6) is 0 Å². The van der Waals surface area contributed by atoms with E-state index in [1.807, 2.05) is 51.9 Å². The zero-order valence-corrected chi connectivity index (χ0v) is 15.7. The van der Waals surface area contributed by atoms with Crippen LogP contribution in [0.15, 0.2) is 53.3 Å². The minimum Gasteiger partial charge on any atom is -0.341 e. The van der Waals surface area contributed by atoms with Crippen LogP contribution in [0.1, 0.15) is 24.5 Å². The van der Waals surface area contributed by atoms with Gasteiger partial charge in [-0.25, -0.2) is 0 Å². The van der Waals surface area contributed by atoms with Crippen molar-refractivity contribution in [2.75, 3.05) is 24.5 Å². The van der Waals surface area contributed by atoms with E-state index in [-0.39, 0.29) is 35.6 Å². The molecule has 2 saturated heterocycles. The maximum Gasteiger partial charge on any atom is 0.250 e. The fourth-order valence-corrected chi connectivity index (χ4v) is 5.07. The van der Waals surface area contributed by atoms with E-state index in [1.165, 1.54) is 0 Å². The minimum absolute atomic E-state index is 0.0126. The molecule has 2 aromatic rings. The SMILES string of the molecule is O=C(C1CC(=O)N(c2ccccc2)C1)N1C[C@H]2C[C@H](C1)c1cccc(=O)n1C2. The number of carbonyl (C=O) groups is 2. The summed E-state index contributed by atoms with van der Waals surface area (Å²) in [6.45, 7) is 2.43. The normalized spacial score (nSPS) is 26.3. The summed E-state index contributed by atoms with van der Waals surface area (Å²) in [5.74, 6) is 0.307. The summed E-state index contributed by atoms with van der Waals surface area (Å²) in [5.41, 5.74) is 1.94. The Kier molecular flexibility index (Phi) is 4.07. The molecule has 3 atom stereocenters. The number of hydrogen-bond acceptors (Lipinski definition) is 3. The zero-order chi connectivity index (χ0) is 19.3. The molecule has 0 radical (unpaired) electrons. The van der Waals surface area contributed by atoms with E-state index in [9.17, 15) is 14.4 Å². The lowest BCUT2D eigenvalue weighted by Crippen LogP contribution is -2.50. The molecule has 0 aliphatic carbocycles. The van der Waals surface area contributed by atoms with Gasteiger partial charge in [-0.2, -0.15) is 0 Å². The lowest BCUT2D eigenvalue weighted by molar-refractivity contribution is -0.138. The molecule has 3 aliphatic rings. The molecule has 2 fully saturated rings. The third-order valence-electron chi connectivity index (χ3n) is 6.33. The van der Waals surface area contributed by atoms with Crippen LogP contribution in [-0.4, -0.2) is 40.9 Å². The van der Waals surface area contributed by atoms with Gasteiger partial charge >= 0.3 is 0 Å². The number of anilines is 1. The van der Waals surface area contributed by atoms with E-state index in [2.05, 4.69) is 0 Å². The van der Waals surface area contributed by atoms with Gasteiger partial charge in [0.25, 0.3) is 5.56 Å². The van der Waals surface area contributed by atoms with E-state index in [1.54, 1.807) is 11.0 Å². The van der Waals surface area contributed by atoms with E-state index >= 15 is 0 Å². The number of para-hydroxylation sites is 1. The van der Waals surface area contributed by atoms with Crippen molar-refractivity contribution in [1.82, 2.24) is 9.47 Å². The lowest BCUT2D eigenvalue weighted by Gasteiger charge is -2.43. The van der Waals surface area contributed by atoms with Gasteiger partial charge in [0.15, 0.2) is 0 Å². The van der Waals surface area contributed by atoms with Gasteiger partial charge in [0.1, 0.15) is 0 Å². The summed E-state index contributed by atoms with van der Waals surface area (Å²) in [7, 11) is 0. The highest BCUT2D eigenvalue weighted by molar-refractivity contribution is 6.00. The summed E-state index contributed by atoms with van der Waals surface area (Å²) in [6, 6.07) is 15.0. The predicted molar refractivity (Wildman–Crippen MR) is 105 cm³/mol. The van der Waals surface area contributed by atoms with E-state index in [4.69, 9.17) is 0 Å². The molecule has 2 bridgehead atoms. The number of carbonyl (C=O) groups excluding carboxylic acids is 2. The van der Waals surface area contributed by atoms with Crippen molar-refractivity contribution in [3.8, 4) is 0 Å². The Morgan fingerprint density at radius 1 is 0.893 bits per heavy atom. The molecule has 6 heteroatoms. The number of piperidine rings is 1. The number of aromatic nitrogens is 1. The molecule has 0 N–H and O–H groups in total. The van der Waals surface area contributed by atoms with Crippen molar-refractivity contribution in [2.24, 2.45) is 11.8 Å². The first kappa shape index (κ1) is 17.2. The zero-order valence-electron chi connectivity index (χ0n) is 15.7. The van der Waals surface area contributed by atoms with Gasteiger partial charge < -0.3 is 14.4 Å². The maximum atomic E-state index is 13.2. The highest BCUT2D eigenvalue weighted by Gasteiger charge is 2.41. The number of fused-ring (bicyclic) bond motifs is 4. The van der Waals surface area contributed by atoms with Gasteiger partial charge in [0.2, 0.25) is 11.8 Å². The molecule has 5 rings (SSSR count). The highest BCUT2D eigenvalue weighted by atomic mass is 16.2. The first-order valence-corrected chi connectivity index (χ1v) is 9.94. The number of rotatable bonds is 2. The largest absolute Gasteiger partial charge is 0.341 e. The minimum atomic E-state index is -0.288. The number of likely N-dealkylation sites (tertiary alicyclic amines) is 1. The van der Waals surface area contributed by atoms with Gasteiger partial charge in [-0.15, -0.1) is 0 Å². The number of benzene rings is 1. The quantitative estimate of drug-likeness (QED) is 0.802. The second kappa shape index (κ2) is 6.62. The summed E-state index contributed by atoms with van der Waals surface area (Å²) in [6.07, 6.45) is 1.29. The van der Waals surface area contributed by atoms with Crippen molar-refractivity contribution < 1.29 is 9.59 Å². The van der Waals surface area contributed by atoms with Gasteiger partial charge in [-0.3, -0.25) is 14.4 Å². The van der Waals surface area contributed by atoms with E-state index in [0.717, 1.165) is 17.8 Å². The van der Waals surface area contributed by atoms with Crippen molar-refractivity contribution in [3.05, 3.63) is 64.6 Å². The van der Waals surface area contributed by atoms with E-state index in [0.29, 0.717) is 32.1 Å². The molecule has 1 unspecified atom stereocenters. The Morgan fingerprint density at radius 3 is 2.54 bits per heavy atom. The average molecular weight is 377 g/mol. The smallest absolute Gasteiger partial charge is 0.250 e. The predicted octanol–water partition coefficient (Wildman–Crippen LogP) is 1.85. The first-order valence-electron chi connectivity index (χ1n) is 9.94. The number of pyridine rings is 1. The number of hydrogen-bond donors (Lipinski definition) is 0. The Bertz CT molecular complexity index is 984. The Labute approximate surface area is 163 Å². The second-order valence-electron chi connectivity index (χ2n) is 8.18. The number of nitrogens with zero attached hydrogens (tertiary/aromatic N) is 3. The highest BCUT2D eigenvalue weighted by Crippen LogP contribution is 2.36. The van der Waals surface area contributed by atoms with Crippen molar-refractivity contribution in [1.29, 1.82) is 0 Å². The summed E-state index contributed by atoms with van der Waals surface area (Å²) >= 11 is 0. The average Bonchev–Trinajstić information content (AvgIpc) is 3.10. The fourth-order valence-electron chi connectivity index (χ4n) is 5.07. The van der Waals surface area contributed by atoms with Crippen LogP contribution < -0.4 is 10.5 Å². The van der Waals surface area contributed by atoms with E-state index < -0.39 is 0 Å². The Balaban J connectivity index is 1.33. The van der Waals surface area contributed by atoms with Crippen LogP contribution in [0, 0.1) is 11.8 Å². The third-order valence-corrected chi connectivity index (χ3v) is 6.33. The van der Waals surface area contributed by atoms with Crippen LogP contribution in [0.3, 0.4) is 0 Å².